The van der Waals surface area contributed by atoms with Crippen molar-refractivity contribution < 1.29 is 9.72 Å². The number of hydrogen-bond acceptors (Lipinski definition) is 4. The van der Waals surface area contributed by atoms with Crippen LogP contribution in [-0.2, 0) is 6.42 Å². The average molecular weight is 311 g/mol. The quantitative estimate of drug-likeness (QED) is 0.505. The molecule has 6 heteroatoms. The van der Waals surface area contributed by atoms with Crippen LogP contribution in [0.1, 0.15) is 27.9 Å². The lowest BCUT2D eigenvalue weighted by Crippen LogP contribution is -2.17. The fraction of sp³-hybridized carbons (Fsp3) is 0.176. The number of hydrazone groups is 1. The second-order valence-corrected chi connectivity index (χ2v) is 5.04. The number of rotatable bonds is 6. The molecule has 0 aliphatic carbocycles. The van der Waals surface area contributed by atoms with Gasteiger partial charge in [0.25, 0.3) is 11.6 Å². The molecule has 0 atom stereocenters. The van der Waals surface area contributed by atoms with Gasteiger partial charge in [-0.2, -0.15) is 5.10 Å². The SMILES string of the molecule is Cc1ccc(C(=O)NN=CCCc2ccccc2)cc1[N+](=O)[O-]. The van der Waals surface area contributed by atoms with Crippen molar-refractivity contribution in [3.05, 3.63) is 75.3 Å². The molecule has 118 valence electrons. The van der Waals surface area contributed by atoms with Gasteiger partial charge in [0.05, 0.1) is 4.92 Å². The molecule has 0 unspecified atom stereocenters. The first-order valence-electron chi connectivity index (χ1n) is 7.19. The lowest BCUT2D eigenvalue weighted by atomic mass is 10.1. The Balaban J connectivity index is 1.88. The van der Waals surface area contributed by atoms with Crippen LogP contribution in [0.15, 0.2) is 53.6 Å². The lowest BCUT2D eigenvalue weighted by Gasteiger charge is -2.02. The largest absolute Gasteiger partial charge is 0.273 e. The summed E-state index contributed by atoms with van der Waals surface area (Å²) >= 11 is 0. The molecule has 0 aliphatic heterocycles. The van der Waals surface area contributed by atoms with Gasteiger partial charge in [-0.3, -0.25) is 14.9 Å². The maximum absolute atomic E-state index is 11.9. The molecule has 0 fully saturated rings. The molecule has 0 saturated heterocycles. The first-order valence-corrected chi connectivity index (χ1v) is 7.19. The predicted octanol–water partition coefficient (Wildman–Crippen LogP) is 3.25. The molecular weight excluding hydrogens is 294 g/mol. The van der Waals surface area contributed by atoms with E-state index in [2.05, 4.69) is 10.5 Å². The number of aryl methyl sites for hydroxylation is 2. The topological polar surface area (TPSA) is 84.6 Å². The summed E-state index contributed by atoms with van der Waals surface area (Å²) in [6.45, 7) is 1.63. The number of nitro groups is 1. The van der Waals surface area contributed by atoms with Gasteiger partial charge >= 0.3 is 0 Å². The molecule has 2 rings (SSSR count). The summed E-state index contributed by atoms with van der Waals surface area (Å²) in [4.78, 5) is 22.3. The molecule has 0 spiro atoms. The molecule has 0 bridgehead atoms. The smallest absolute Gasteiger partial charge is 0.267 e. The normalized spacial score (nSPS) is 10.7. The van der Waals surface area contributed by atoms with Gasteiger partial charge in [0.1, 0.15) is 0 Å². The van der Waals surface area contributed by atoms with Gasteiger partial charge in [0.15, 0.2) is 0 Å². The summed E-state index contributed by atoms with van der Waals surface area (Å²) < 4.78 is 0. The van der Waals surface area contributed by atoms with E-state index < -0.39 is 10.8 Å². The maximum Gasteiger partial charge on any atom is 0.273 e. The number of carbonyl (C=O) groups is 1. The third-order valence-electron chi connectivity index (χ3n) is 3.33. The molecular formula is C17H17N3O3. The van der Waals surface area contributed by atoms with Crippen molar-refractivity contribution in [2.75, 3.05) is 0 Å². The zero-order chi connectivity index (χ0) is 16.7. The Bertz CT molecular complexity index is 727. The van der Waals surface area contributed by atoms with Gasteiger partial charge in [0.2, 0.25) is 0 Å². The van der Waals surface area contributed by atoms with Gasteiger partial charge in [-0.1, -0.05) is 36.4 Å². The molecule has 0 saturated carbocycles. The van der Waals surface area contributed by atoms with Crippen LogP contribution in [-0.4, -0.2) is 17.0 Å². The number of carbonyl (C=O) groups excluding carboxylic acids is 1. The van der Waals surface area contributed by atoms with Crippen LogP contribution in [0.4, 0.5) is 5.69 Å². The van der Waals surface area contributed by atoms with Crippen molar-refractivity contribution in [1.29, 1.82) is 0 Å². The molecule has 2 aromatic rings. The van der Waals surface area contributed by atoms with Crippen LogP contribution in [0.3, 0.4) is 0 Å². The van der Waals surface area contributed by atoms with Crippen molar-refractivity contribution >= 4 is 17.8 Å². The Morgan fingerprint density at radius 1 is 1.26 bits per heavy atom. The Morgan fingerprint density at radius 2 is 2.00 bits per heavy atom. The summed E-state index contributed by atoms with van der Waals surface area (Å²) in [5.41, 5.74) is 4.22. The molecule has 1 N–H and O–H groups in total. The van der Waals surface area contributed by atoms with E-state index in [9.17, 15) is 14.9 Å². The highest BCUT2D eigenvalue weighted by atomic mass is 16.6. The van der Waals surface area contributed by atoms with E-state index in [0.717, 1.165) is 6.42 Å². The third kappa shape index (κ3) is 4.74. The van der Waals surface area contributed by atoms with E-state index in [-0.39, 0.29) is 11.3 Å². The van der Waals surface area contributed by atoms with Crippen molar-refractivity contribution in [3.63, 3.8) is 0 Å². The summed E-state index contributed by atoms with van der Waals surface area (Å²) in [5, 5.41) is 14.7. The molecule has 0 radical (unpaired) electrons. The summed E-state index contributed by atoms with van der Waals surface area (Å²) in [7, 11) is 0. The van der Waals surface area contributed by atoms with E-state index in [4.69, 9.17) is 0 Å². The number of nitro benzene ring substituents is 1. The first kappa shape index (κ1) is 16.4. The Kier molecular flexibility index (Phi) is 5.57. The Morgan fingerprint density at radius 3 is 2.70 bits per heavy atom. The lowest BCUT2D eigenvalue weighted by molar-refractivity contribution is -0.385. The van der Waals surface area contributed by atoms with Crippen LogP contribution in [0.5, 0.6) is 0 Å². The highest BCUT2D eigenvalue weighted by Gasteiger charge is 2.14. The standard InChI is InChI=1S/C17H17N3O3/c1-13-9-10-15(12-16(13)20(22)23)17(21)19-18-11-5-8-14-6-3-2-4-7-14/h2-4,6-7,9-12H,5,8H2,1H3,(H,19,21). The summed E-state index contributed by atoms with van der Waals surface area (Å²) in [5.74, 6) is -0.468. The fourth-order valence-electron chi connectivity index (χ4n) is 2.06. The minimum Gasteiger partial charge on any atom is -0.267 e. The second kappa shape index (κ2) is 7.84. The minimum atomic E-state index is -0.505. The van der Waals surface area contributed by atoms with E-state index >= 15 is 0 Å². The van der Waals surface area contributed by atoms with Gasteiger partial charge in [0, 0.05) is 23.4 Å². The molecule has 0 aromatic heterocycles. The van der Waals surface area contributed by atoms with Gasteiger partial charge in [-0.25, -0.2) is 5.43 Å². The van der Waals surface area contributed by atoms with Crippen molar-refractivity contribution in [3.8, 4) is 0 Å². The maximum atomic E-state index is 11.9. The summed E-state index contributed by atoms with van der Waals surface area (Å²) in [6, 6.07) is 14.3. The minimum absolute atomic E-state index is 0.0780. The number of hydrogen-bond donors (Lipinski definition) is 1. The molecule has 0 heterocycles. The molecule has 0 aliphatic rings. The van der Waals surface area contributed by atoms with Crippen LogP contribution >= 0.6 is 0 Å². The van der Waals surface area contributed by atoms with Crippen LogP contribution in [0.2, 0.25) is 0 Å². The van der Waals surface area contributed by atoms with E-state index in [0.29, 0.717) is 12.0 Å². The number of amides is 1. The van der Waals surface area contributed by atoms with Crippen molar-refractivity contribution in [2.24, 2.45) is 5.10 Å². The first-order chi connectivity index (χ1) is 11.1. The Hall–Kier alpha value is -3.02. The van der Waals surface area contributed by atoms with Crippen molar-refractivity contribution in [2.45, 2.75) is 19.8 Å². The highest BCUT2D eigenvalue weighted by molar-refractivity contribution is 5.95. The average Bonchev–Trinajstić information content (AvgIpc) is 2.55. The van der Waals surface area contributed by atoms with E-state index in [1.165, 1.54) is 17.7 Å². The van der Waals surface area contributed by atoms with Gasteiger partial charge in [-0.05, 0) is 31.4 Å². The molecule has 2 aromatic carbocycles. The van der Waals surface area contributed by atoms with Gasteiger partial charge < -0.3 is 0 Å². The second-order valence-electron chi connectivity index (χ2n) is 5.04. The molecule has 23 heavy (non-hydrogen) atoms. The number of nitrogens with one attached hydrogen (secondary N) is 1. The van der Waals surface area contributed by atoms with E-state index in [1.807, 2.05) is 30.3 Å². The fourth-order valence-corrected chi connectivity index (χ4v) is 2.06. The monoisotopic (exact) mass is 311 g/mol. The summed E-state index contributed by atoms with van der Waals surface area (Å²) in [6.07, 6.45) is 3.14. The van der Waals surface area contributed by atoms with Crippen LogP contribution < -0.4 is 5.43 Å². The zero-order valence-corrected chi connectivity index (χ0v) is 12.7. The van der Waals surface area contributed by atoms with Crippen LogP contribution in [0.25, 0.3) is 0 Å². The number of benzene rings is 2. The predicted molar refractivity (Wildman–Crippen MR) is 88.6 cm³/mol. The zero-order valence-electron chi connectivity index (χ0n) is 12.7. The molecule has 1 amide bonds. The van der Waals surface area contributed by atoms with E-state index in [1.54, 1.807) is 19.2 Å². The van der Waals surface area contributed by atoms with Gasteiger partial charge in [-0.15, -0.1) is 0 Å². The van der Waals surface area contributed by atoms with Crippen LogP contribution in [0, 0.1) is 17.0 Å². The number of nitrogens with zero attached hydrogens (tertiary/aromatic N) is 2. The Labute approximate surface area is 134 Å². The third-order valence-corrected chi connectivity index (χ3v) is 3.33. The molecule has 6 nitrogen and oxygen atoms in total. The van der Waals surface area contributed by atoms with Crippen molar-refractivity contribution in [1.82, 2.24) is 5.43 Å². The highest BCUT2D eigenvalue weighted by Crippen LogP contribution is 2.19.